The van der Waals surface area contributed by atoms with Gasteiger partial charge in [-0.05, 0) is 19.8 Å². The van der Waals surface area contributed by atoms with Gasteiger partial charge in [0.1, 0.15) is 17.5 Å². The van der Waals surface area contributed by atoms with E-state index in [2.05, 4.69) is 20.6 Å². The van der Waals surface area contributed by atoms with Crippen LogP contribution in [0.25, 0.3) is 0 Å². The third kappa shape index (κ3) is 4.35. The van der Waals surface area contributed by atoms with Gasteiger partial charge in [0.05, 0.1) is 6.10 Å². The number of hydrogen-bond donors (Lipinski definition) is 3. The number of aliphatic hydroxyl groups is 1. The number of anilines is 2. The van der Waals surface area contributed by atoms with Crippen LogP contribution < -0.4 is 10.6 Å². The molecule has 1 aromatic rings. The average molecular weight is 266 g/mol. The minimum atomic E-state index is -0.373. The molecular formula is C14H26N4O. The molecule has 5 heteroatoms. The maximum Gasteiger partial charge on any atom is 0.134 e. The van der Waals surface area contributed by atoms with E-state index in [1.807, 2.05) is 34.6 Å². The average Bonchev–Trinajstić information content (AvgIpc) is 2.39. The van der Waals surface area contributed by atoms with Crippen LogP contribution >= 0.6 is 0 Å². The van der Waals surface area contributed by atoms with Crippen LogP contribution in [0.15, 0.2) is 0 Å². The molecule has 19 heavy (non-hydrogen) atoms. The van der Waals surface area contributed by atoms with Crippen LogP contribution in [-0.2, 0) is 6.42 Å². The number of nitrogens with zero attached hydrogens (tertiary/aromatic N) is 2. The van der Waals surface area contributed by atoms with Gasteiger partial charge in [0.25, 0.3) is 0 Å². The summed E-state index contributed by atoms with van der Waals surface area (Å²) in [5.41, 5.74) is 0.995. The summed E-state index contributed by atoms with van der Waals surface area (Å²) in [5.74, 6) is 2.72. The van der Waals surface area contributed by atoms with E-state index >= 15 is 0 Å². The Balaban J connectivity index is 2.89. The Bertz CT molecular complexity index is 407. The van der Waals surface area contributed by atoms with Crippen LogP contribution in [0.5, 0.6) is 0 Å². The summed E-state index contributed by atoms with van der Waals surface area (Å²) >= 11 is 0. The highest BCUT2D eigenvalue weighted by atomic mass is 16.3. The van der Waals surface area contributed by atoms with Gasteiger partial charge in [-0.3, -0.25) is 0 Å². The summed E-state index contributed by atoms with van der Waals surface area (Å²) < 4.78 is 0. The highest BCUT2D eigenvalue weighted by molar-refractivity contribution is 5.57. The Labute approximate surface area is 115 Å². The Morgan fingerprint density at radius 2 is 1.68 bits per heavy atom. The third-order valence-corrected chi connectivity index (χ3v) is 3.10. The van der Waals surface area contributed by atoms with E-state index in [4.69, 9.17) is 0 Å². The lowest BCUT2D eigenvalue weighted by atomic mass is 10.1. The van der Waals surface area contributed by atoms with Gasteiger partial charge in [0, 0.05) is 25.1 Å². The lowest BCUT2D eigenvalue weighted by molar-refractivity contribution is 0.138. The van der Waals surface area contributed by atoms with Gasteiger partial charge >= 0.3 is 0 Å². The Morgan fingerprint density at radius 1 is 1.11 bits per heavy atom. The van der Waals surface area contributed by atoms with Crippen molar-refractivity contribution in [2.24, 2.45) is 5.92 Å². The fourth-order valence-corrected chi connectivity index (χ4v) is 1.67. The molecule has 0 saturated heterocycles. The predicted octanol–water partition coefficient (Wildman–Crippen LogP) is 2.21. The monoisotopic (exact) mass is 266 g/mol. The van der Waals surface area contributed by atoms with Crippen LogP contribution in [0.1, 0.15) is 39.1 Å². The van der Waals surface area contributed by atoms with Gasteiger partial charge in [-0.1, -0.05) is 20.8 Å². The zero-order chi connectivity index (χ0) is 14.4. The molecule has 1 unspecified atom stereocenters. The van der Waals surface area contributed by atoms with Gasteiger partial charge in [-0.15, -0.1) is 0 Å². The molecule has 1 heterocycles. The Hall–Kier alpha value is -1.36. The van der Waals surface area contributed by atoms with Crippen LogP contribution in [0, 0.1) is 12.8 Å². The molecule has 0 aromatic carbocycles. The Kier molecular flexibility index (Phi) is 6.02. The van der Waals surface area contributed by atoms with E-state index in [1.165, 1.54) is 0 Å². The fourth-order valence-electron chi connectivity index (χ4n) is 1.67. The molecule has 0 aliphatic heterocycles. The molecule has 0 aliphatic rings. The van der Waals surface area contributed by atoms with Crippen molar-refractivity contribution in [3.63, 3.8) is 0 Å². The number of aliphatic hydroxyl groups excluding tert-OH is 1. The van der Waals surface area contributed by atoms with Crippen molar-refractivity contribution in [1.82, 2.24) is 9.97 Å². The molecule has 0 amide bonds. The van der Waals surface area contributed by atoms with Crippen molar-refractivity contribution in [2.45, 2.75) is 47.1 Å². The SMILES string of the molecule is CCNc1nc(CC)nc(NCC(O)C(C)C)c1C. The first-order valence-corrected chi connectivity index (χ1v) is 7.02. The highest BCUT2D eigenvalue weighted by Gasteiger charge is 2.13. The van der Waals surface area contributed by atoms with Gasteiger partial charge in [0.15, 0.2) is 0 Å². The molecule has 0 fully saturated rings. The molecule has 3 N–H and O–H groups in total. The lowest BCUT2D eigenvalue weighted by Gasteiger charge is -2.18. The summed E-state index contributed by atoms with van der Waals surface area (Å²) in [6.07, 6.45) is 0.419. The Morgan fingerprint density at radius 3 is 2.16 bits per heavy atom. The van der Waals surface area contributed by atoms with Gasteiger partial charge < -0.3 is 15.7 Å². The van der Waals surface area contributed by atoms with E-state index in [1.54, 1.807) is 0 Å². The minimum Gasteiger partial charge on any atom is -0.391 e. The van der Waals surface area contributed by atoms with E-state index in [0.29, 0.717) is 6.54 Å². The number of aromatic nitrogens is 2. The number of rotatable bonds is 7. The molecule has 0 bridgehead atoms. The molecular weight excluding hydrogens is 240 g/mol. The van der Waals surface area contributed by atoms with Gasteiger partial charge in [-0.2, -0.15) is 0 Å². The van der Waals surface area contributed by atoms with Crippen LogP contribution in [0.4, 0.5) is 11.6 Å². The van der Waals surface area contributed by atoms with Gasteiger partial charge in [0.2, 0.25) is 0 Å². The van der Waals surface area contributed by atoms with Crippen LogP contribution in [0.3, 0.4) is 0 Å². The first-order valence-electron chi connectivity index (χ1n) is 7.02. The van der Waals surface area contributed by atoms with Crippen molar-refractivity contribution in [2.75, 3.05) is 23.7 Å². The first-order chi connectivity index (χ1) is 8.99. The van der Waals surface area contributed by atoms with Crippen molar-refractivity contribution < 1.29 is 5.11 Å². The zero-order valence-corrected chi connectivity index (χ0v) is 12.6. The predicted molar refractivity (Wildman–Crippen MR) is 79.6 cm³/mol. The molecule has 0 saturated carbocycles. The van der Waals surface area contributed by atoms with Crippen molar-refractivity contribution in [1.29, 1.82) is 0 Å². The minimum absolute atomic E-state index is 0.230. The van der Waals surface area contributed by atoms with Crippen molar-refractivity contribution in [3.05, 3.63) is 11.4 Å². The van der Waals surface area contributed by atoms with E-state index in [-0.39, 0.29) is 12.0 Å². The second-order valence-electron chi connectivity index (χ2n) is 5.04. The zero-order valence-electron chi connectivity index (χ0n) is 12.6. The summed E-state index contributed by atoms with van der Waals surface area (Å²) in [4.78, 5) is 8.97. The lowest BCUT2D eigenvalue weighted by Crippen LogP contribution is -2.25. The smallest absolute Gasteiger partial charge is 0.134 e. The summed E-state index contributed by atoms with van der Waals surface area (Å²) in [5, 5.41) is 16.3. The number of nitrogens with one attached hydrogen (secondary N) is 2. The molecule has 1 aromatic heterocycles. The first kappa shape index (κ1) is 15.7. The fraction of sp³-hybridized carbons (Fsp3) is 0.714. The molecule has 0 spiro atoms. The molecule has 0 aliphatic carbocycles. The van der Waals surface area contributed by atoms with Crippen LogP contribution in [-0.4, -0.2) is 34.3 Å². The maximum atomic E-state index is 9.86. The number of aryl methyl sites for hydroxylation is 1. The summed E-state index contributed by atoms with van der Waals surface area (Å²) in [6.45, 7) is 11.4. The molecule has 0 radical (unpaired) electrons. The van der Waals surface area contributed by atoms with E-state index in [9.17, 15) is 5.11 Å². The summed E-state index contributed by atoms with van der Waals surface area (Å²) in [7, 11) is 0. The molecule has 1 atom stereocenters. The normalized spacial score (nSPS) is 12.6. The summed E-state index contributed by atoms with van der Waals surface area (Å²) in [6, 6.07) is 0. The largest absolute Gasteiger partial charge is 0.391 e. The topological polar surface area (TPSA) is 70.1 Å². The van der Waals surface area contributed by atoms with Gasteiger partial charge in [-0.25, -0.2) is 9.97 Å². The second kappa shape index (κ2) is 7.28. The molecule has 5 nitrogen and oxygen atoms in total. The maximum absolute atomic E-state index is 9.86. The van der Waals surface area contributed by atoms with E-state index < -0.39 is 0 Å². The number of hydrogen-bond acceptors (Lipinski definition) is 5. The van der Waals surface area contributed by atoms with Crippen molar-refractivity contribution >= 4 is 11.6 Å². The molecule has 1 rings (SSSR count). The van der Waals surface area contributed by atoms with Crippen molar-refractivity contribution in [3.8, 4) is 0 Å². The molecule has 108 valence electrons. The van der Waals surface area contributed by atoms with Crippen LogP contribution in [0.2, 0.25) is 0 Å². The third-order valence-electron chi connectivity index (χ3n) is 3.10. The quantitative estimate of drug-likeness (QED) is 0.706. The standard InChI is InChI=1S/C14H26N4O/c1-6-12-17-13(15-7-2)10(5)14(18-12)16-8-11(19)9(3)4/h9,11,19H,6-8H2,1-5H3,(H2,15,16,17,18). The second-order valence-corrected chi connectivity index (χ2v) is 5.04. The highest BCUT2D eigenvalue weighted by Crippen LogP contribution is 2.20. The van der Waals surface area contributed by atoms with E-state index in [0.717, 1.165) is 36.0 Å².